The molecule has 1 N–H and O–H groups in total. The fourth-order valence-electron chi connectivity index (χ4n) is 2.39. The zero-order chi connectivity index (χ0) is 16.9. The summed E-state index contributed by atoms with van der Waals surface area (Å²) in [6.45, 7) is 0.466. The Hall–Kier alpha value is -2.59. The Balaban J connectivity index is 1.72. The van der Waals surface area contributed by atoms with Gasteiger partial charge in [0.05, 0.1) is 4.47 Å². The van der Waals surface area contributed by atoms with Crippen LogP contribution in [0.1, 0.15) is 11.1 Å². The highest BCUT2D eigenvalue weighted by Crippen LogP contribution is 2.27. The first-order valence-electron chi connectivity index (χ1n) is 7.43. The number of rotatable bonds is 5. The minimum atomic E-state index is -0.970. The maximum Gasteiger partial charge on any atom is 0.328 e. The van der Waals surface area contributed by atoms with Crippen LogP contribution < -0.4 is 4.74 Å². The minimum absolute atomic E-state index is 0.466. The minimum Gasteiger partial charge on any atom is -0.488 e. The summed E-state index contributed by atoms with van der Waals surface area (Å²) in [6, 6.07) is 19.9. The van der Waals surface area contributed by atoms with Gasteiger partial charge in [-0.2, -0.15) is 0 Å². The lowest BCUT2D eigenvalue weighted by molar-refractivity contribution is -0.131. The number of halogens is 1. The number of fused-ring (bicyclic) bond motifs is 1. The van der Waals surface area contributed by atoms with Crippen LogP contribution in [0.2, 0.25) is 0 Å². The predicted octanol–water partition coefficient (Wildman–Crippen LogP) is 5.28. The van der Waals surface area contributed by atoms with Gasteiger partial charge in [-0.05, 0) is 62.1 Å². The molecule has 0 radical (unpaired) electrons. The van der Waals surface area contributed by atoms with Gasteiger partial charge in [-0.15, -0.1) is 0 Å². The van der Waals surface area contributed by atoms with Gasteiger partial charge in [0.1, 0.15) is 12.4 Å². The van der Waals surface area contributed by atoms with Crippen molar-refractivity contribution in [2.24, 2.45) is 0 Å². The number of hydrogen-bond donors (Lipinski definition) is 1. The van der Waals surface area contributed by atoms with E-state index in [1.54, 1.807) is 6.08 Å². The van der Waals surface area contributed by atoms with Crippen LogP contribution in [0.4, 0.5) is 0 Å². The van der Waals surface area contributed by atoms with Crippen LogP contribution in [0.25, 0.3) is 16.8 Å². The molecule has 0 saturated heterocycles. The van der Waals surface area contributed by atoms with E-state index in [9.17, 15) is 4.79 Å². The van der Waals surface area contributed by atoms with Crippen molar-refractivity contribution in [1.29, 1.82) is 0 Å². The van der Waals surface area contributed by atoms with Crippen LogP contribution in [-0.2, 0) is 11.4 Å². The van der Waals surface area contributed by atoms with Crippen LogP contribution in [0.5, 0.6) is 5.75 Å². The van der Waals surface area contributed by atoms with Crippen LogP contribution >= 0.6 is 15.9 Å². The molecule has 0 aliphatic heterocycles. The van der Waals surface area contributed by atoms with Gasteiger partial charge in [0.15, 0.2) is 0 Å². The standard InChI is InChI=1S/C20H15BrO3/c21-18-12-14(7-10-20(22)23)6-9-19(18)24-13-15-5-8-16-3-1-2-4-17(16)11-15/h1-12H,13H2,(H,22,23)/b10-7+. The van der Waals surface area contributed by atoms with Gasteiger partial charge in [0, 0.05) is 6.08 Å². The number of carbonyl (C=O) groups is 1. The Bertz CT molecular complexity index is 916. The number of aliphatic carboxylic acids is 1. The van der Waals surface area contributed by atoms with Gasteiger partial charge in [-0.1, -0.05) is 42.5 Å². The molecular formula is C20H15BrO3. The lowest BCUT2D eigenvalue weighted by Crippen LogP contribution is -1.96. The van der Waals surface area contributed by atoms with Crippen molar-refractivity contribution in [3.05, 3.63) is 82.3 Å². The Morgan fingerprint density at radius 1 is 1.04 bits per heavy atom. The molecule has 3 aromatic carbocycles. The van der Waals surface area contributed by atoms with E-state index in [0.29, 0.717) is 6.61 Å². The summed E-state index contributed by atoms with van der Waals surface area (Å²) in [5, 5.41) is 11.1. The highest BCUT2D eigenvalue weighted by Gasteiger charge is 2.03. The van der Waals surface area contributed by atoms with Gasteiger partial charge in [0.25, 0.3) is 0 Å². The molecule has 0 spiro atoms. The summed E-state index contributed by atoms with van der Waals surface area (Å²) >= 11 is 3.46. The Morgan fingerprint density at radius 2 is 1.83 bits per heavy atom. The molecule has 4 heteroatoms. The Labute approximate surface area is 148 Å². The summed E-state index contributed by atoms with van der Waals surface area (Å²) in [5.41, 5.74) is 1.89. The second-order valence-corrected chi connectivity index (χ2v) is 6.19. The SMILES string of the molecule is O=C(O)/C=C/c1ccc(OCc2ccc3ccccc3c2)c(Br)c1. The highest BCUT2D eigenvalue weighted by molar-refractivity contribution is 9.10. The maximum atomic E-state index is 10.6. The normalized spacial score (nSPS) is 11.0. The summed E-state index contributed by atoms with van der Waals surface area (Å²) < 4.78 is 6.65. The molecule has 0 fully saturated rings. The van der Waals surface area contributed by atoms with Crippen LogP contribution in [0.3, 0.4) is 0 Å². The molecule has 0 aromatic heterocycles. The molecule has 0 bridgehead atoms. The fourth-order valence-corrected chi connectivity index (χ4v) is 2.91. The average molecular weight is 383 g/mol. The van der Waals surface area contributed by atoms with Gasteiger partial charge >= 0.3 is 5.97 Å². The third-order valence-electron chi connectivity index (χ3n) is 3.58. The topological polar surface area (TPSA) is 46.5 Å². The highest BCUT2D eigenvalue weighted by atomic mass is 79.9. The molecule has 3 aromatic rings. The second kappa shape index (κ2) is 7.32. The first-order chi connectivity index (χ1) is 11.6. The zero-order valence-electron chi connectivity index (χ0n) is 12.8. The third-order valence-corrected chi connectivity index (χ3v) is 4.20. The number of hydrogen-bond acceptors (Lipinski definition) is 2. The number of carboxylic acids is 1. The van der Waals surface area contributed by atoms with Crippen molar-refractivity contribution >= 4 is 38.7 Å². The summed E-state index contributed by atoms with van der Waals surface area (Å²) in [7, 11) is 0. The molecule has 0 aliphatic rings. The van der Waals surface area contributed by atoms with Crippen molar-refractivity contribution in [1.82, 2.24) is 0 Å². The number of carboxylic acid groups (broad SMARTS) is 1. The van der Waals surface area contributed by atoms with E-state index in [4.69, 9.17) is 9.84 Å². The monoisotopic (exact) mass is 382 g/mol. The molecule has 0 heterocycles. The summed E-state index contributed by atoms with van der Waals surface area (Å²) in [6.07, 6.45) is 2.65. The average Bonchev–Trinajstić information content (AvgIpc) is 2.59. The smallest absolute Gasteiger partial charge is 0.328 e. The van der Waals surface area contributed by atoms with Gasteiger partial charge < -0.3 is 9.84 Å². The lowest BCUT2D eigenvalue weighted by atomic mass is 10.1. The molecule has 0 atom stereocenters. The van der Waals surface area contributed by atoms with E-state index in [1.807, 2.05) is 30.3 Å². The van der Waals surface area contributed by atoms with Crippen molar-refractivity contribution in [3.8, 4) is 5.75 Å². The van der Waals surface area contributed by atoms with E-state index in [-0.39, 0.29) is 0 Å². The second-order valence-electron chi connectivity index (χ2n) is 5.33. The molecule has 0 aliphatic carbocycles. The molecule has 0 unspecified atom stereocenters. The molecule has 3 nitrogen and oxygen atoms in total. The van der Waals surface area contributed by atoms with Crippen LogP contribution in [-0.4, -0.2) is 11.1 Å². The first kappa shape index (κ1) is 16.3. The van der Waals surface area contributed by atoms with Crippen molar-refractivity contribution in [3.63, 3.8) is 0 Å². The quantitative estimate of drug-likeness (QED) is 0.610. The summed E-state index contributed by atoms with van der Waals surface area (Å²) in [4.78, 5) is 10.6. The van der Waals surface area contributed by atoms with E-state index >= 15 is 0 Å². The van der Waals surface area contributed by atoms with Crippen LogP contribution in [0, 0.1) is 0 Å². The maximum absolute atomic E-state index is 10.6. The van der Waals surface area contributed by atoms with Gasteiger partial charge in [0.2, 0.25) is 0 Å². The van der Waals surface area contributed by atoms with Crippen molar-refractivity contribution in [2.45, 2.75) is 6.61 Å². The molecule has 3 rings (SSSR count). The summed E-state index contributed by atoms with van der Waals surface area (Å²) in [5.74, 6) is -0.251. The largest absolute Gasteiger partial charge is 0.488 e. The lowest BCUT2D eigenvalue weighted by Gasteiger charge is -2.10. The zero-order valence-corrected chi connectivity index (χ0v) is 14.4. The predicted molar refractivity (Wildman–Crippen MR) is 99.1 cm³/mol. The van der Waals surface area contributed by atoms with Crippen molar-refractivity contribution < 1.29 is 14.6 Å². The first-order valence-corrected chi connectivity index (χ1v) is 8.22. The van der Waals surface area contributed by atoms with Crippen LogP contribution in [0.15, 0.2) is 71.2 Å². The Kier molecular flexibility index (Phi) is 4.96. The Morgan fingerprint density at radius 3 is 2.58 bits per heavy atom. The van der Waals surface area contributed by atoms with E-state index in [0.717, 1.165) is 27.4 Å². The number of ether oxygens (including phenoxy) is 1. The molecule has 120 valence electrons. The van der Waals surface area contributed by atoms with Gasteiger partial charge in [-0.3, -0.25) is 0 Å². The van der Waals surface area contributed by atoms with Gasteiger partial charge in [-0.25, -0.2) is 4.79 Å². The molecule has 24 heavy (non-hydrogen) atoms. The molecule has 0 amide bonds. The van der Waals surface area contributed by atoms with E-state index in [1.165, 1.54) is 10.8 Å². The van der Waals surface area contributed by atoms with E-state index in [2.05, 4.69) is 46.3 Å². The molecular weight excluding hydrogens is 368 g/mol. The molecule has 0 saturated carbocycles. The fraction of sp³-hybridized carbons (Fsp3) is 0.0500. The number of benzene rings is 3. The van der Waals surface area contributed by atoms with E-state index < -0.39 is 5.97 Å². The third kappa shape index (κ3) is 4.03. The van der Waals surface area contributed by atoms with Crippen molar-refractivity contribution in [2.75, 3.05) is 0 Å².